The molecule has 5 heteroatoms. The summed E-state index contributed by atoms with van der Waals surface area (Å²) in [5, 5.41) is 10.0. The maximum Gasteiger partial charge on any atom is 0.394 e. The van der Waals surface area contributed by atoms with Crippen LogP contribution in [0.4, 0.5) is 13.2 Å². The van der Waals surface area contributed by atoms with Crippen LogP contribution >= 0.6 is 0 Å². The van der Waals surface area contributed by atoms with E-state index in [1.165, 1.54) is 0 Å². The molecule has 1 unspecified atom stereocenters. The van der Waals surface area contributed by atoms with Gasteiger partial charge in [0.25, 0.3) is 0 Å². The van der Waals surface area contributed by atoms with Crippen LogP contribution in [0.5, 0.6) is 0 Å². The van der Waals surface area contributed by atoms with Crippen LogP contribution in [-0.2, 0) is 4.79 Å². The molecule has 0 aliphatic carbocycles. The highest BCUT2D eigenvalue weighted by Gasteiger charge is 2.34. The second-order valence-electron chi connectivity index (χ2n) is 2.47. The lowest BCUT2D eigenvalue weighted by Gasteiger charge is -2.12. The Morgan fingerprint density at radius 2 is 1.92 bits per heavy atom. The molecule has 0 bridgehead atoms. The van der Waals surface area contributed by atoms with E-state index in [-0.39, 0.29) is 0 Å². The minimum atomic E-state index is -4.39. The molecule has 0 aromatic rings. The summed E-state index contributed by atoms with van der Waals surface area (Å²) in [5.74, 6) is -3.33. The molecule has 0 radical (unpaired) electrons. The second-order valence-corrected chi connectivity index (χ2v) is 2.47. The van der Waals surface area contributed by atoms with Crippen LogP contribution in [0.3, 0.4) is 0 Å². The van der Waals surface area contributed by atoms with Gasteiger partial charge < -0.3 is 9.90 Å². The molecule has 0 aliphatic heterocycles. The van der Waals surface area contributed by atoms with Gasteiger partial charge in [-0.05, 0) is 12.5 Å². The Kier molecular flexibility index (Phi) is 3.30. The molecule has 1 atom stereocenters. The molecule has 0 saturated carbocycles. The Labute approximate surface area is 67.7 Å². The largest absolute Gasteiger partial charge is 0.545 e. The normalized spacial score (nSPS) is 15.9. The van der Waals surface area contributed by atoms with Crippen LogP contribution in [0.2, 0.25) is 0 Å². The van der Waals surface area contributed by atoms with Crippen LogP contribution in [0, 0.1) is 5.92 Å². The van der Waals surface area contributed by atoms with Crippen molar-refractivity contribution in [2.45, 2.75) is 20.0 Å². The van der Waals surface area contributed by atoms with Gasteiger partial charge in [0.15, 0.2) is 0 Å². The Bertz CT molecular complexity index is 205. The van der Waals surface area contributed by atoms with Gasteiger partial charge in [-0.15, -0.1) is 0 Å². The van der Waals surface area contributed by atoms with E-state index >= 15 is 0 Å². The zero-order chi connectivity index (χ0) is 9.94. The number of carboxylic acids is 1. The van der Waals surface area contributed by atoms with Crippen LogP contribution in [0.1, 0.15) is 13.8 Å². The third kappa shape index (κ3) is 3.41. The van der Waals surface area contributed by atoms with E-state index in [2.05, 4.69) is 0 Å². The fourth-order valence-electron chi connectivity index (χ4n) is 0.538. The maximum absolute atomic E-state index is 11.8. The number of aliphatic carboxylic acids is 1. The number of carboxylic acid groups (broad SMARTS) is 1. The molecule has 0 aromatic heterocycles. The summed E-state index contributed by atoms with van der Waals surface area (Å²) in [4.78, 5) is 10.0. The van der Waals surface area contributed by atoms with Crippen molar-refractivity contribution in [2.75, 3.05) is 0 Å². The molecule has 0 fully saturated rings. The van der Waals surface area contributed by atoms with Gasteiger partial charge in [0.1, 0.15) is 0 Å². The summed E-state index contributed by atoms with van der Waals surface area (Å²) in [6, 6.07) is 0. The van der Waals surface area contributed by atoms with Crippen molar-refractivity contribution in [3.8, 4) is 0 Å². The van der Waals surface area contributed by atoms with Crippen molar-refractivity contribution < 1.29 is 23.1 Å². The highest BCUT2D eigenvalue weighted by Crippen LogP contribution is 2.27. The molecule has 0 spiro atoms. The van der Waals surface area contributed by atoms with Crippen LogP contribution < -0.4 is 5.11 Å². The maximum atomic E-state index is 11.8. The number of hydrogen-bond acceptors (Lipinski definition) is 2. The highest BCUT2D eigenvalue weighted by atomic mass is 19.4. The number of rotatable bonds is 2. The fourth-order valence-corrected chi connectivity index (χ4v) is 0.538. The molecule has 0 heterocycles. The molecule has 0 aliphatic rings. The van der Waals surface area contributed by atoms with E-state index in [0.29, 0.717) is 6.08 Å². The molecule has 0 N–H and O–H groups in total. The quantitative estimate of drug-likeness (QED) is 0.593. The Hall–Kier alpha value is -1.00. The van der Waals surface area contributed by atoms with E-state index in [4.69, 9.17) is 0 Å². The van der Waals surface area contributed by atoms with E-state index in [0.717, 1.165) is 13.8 Å². The Balaban J connectivity index is 4.44. The van der Waals surface area contributed by atoms with Crippen molar-refractivity contribution in [1.29, 1.82) is 0 Å². The fraction of sp³-hybridized carbons (Fsp3) is 0.571. The molecule has 70 valence electrons. The summed E-state index contributed by atoms with van der Waals surface area (Å²) in [6.07, 6.45) is -3.77. The Morgan fingerprint density at radius 3 is 2.17 bits per heavy atom. The van der Waals surface area contributed by atoms with Crippen molar-refractivity contribution in [3.63, 3.8) is 0 Å². The van der Waals surface area contributed by atoms with Crippen molar-refractivity contribution in [1.82, 2.24) is 0 Å². The number of halogens is 3. The van der Waals surface area contributed by atoms with E-state index in [9.17, 15) is 23.1 Å². The van der Waals surface area contributed by atoms with Crippen LogP contribution in [0.25, 0.3) is 0 Å². The summed E-state index contributed by atoms with van der Waals surface area (Å²) >= 11 is 0. The van der Waals surface area contributed by atoms with E-state index in [1.54, 1.807) is 0 Å². The smallest absolute Gasteiger partial charge is 0.394 e. The molecule has 12 heavy (non-hydrogen) atoms. The summed E-state index contributed by atoms with van der Waals surface area (Å²) in [5.41, 5.74) is -0.403. The third-order valence-corrected chi connectivity index (χ3v) is 1.34. The molecule has 2 nitrogen and oxygen atoms in total. The van der Waals surface area contributed by atoms with Gasteiger partial charge in [-0.3, -0.25) is 0 Å². The van der Waals surface area contributed by atoms with Crippen molar-refractivity contribution in [2.24, 2.45) is 5.92 Å². The number of hydrogen-bond donors (Lipinski definition) is 0. The molecule has 0 saturated heterocycles. The van der Waals surface area contributed by atoms with Crippen LogP contribution in [0.15, 0.2) is 11.6 Å². The predicted octanol–water partition coefficient (Wildman–Crippen LogP) is 0.881. The first-order valence-electron chi connectivity index (χ1n) is 3.21. The van der Waals surface area contributed by atoms with Gasteiger partial charge in [-0.2, -0.15) is 13.2 Å². The summed E-state index contributed by atoms with van der Waals surface area (Å²) in [7, 11) is 0. The minimum Gasteiger partial charge on any atom is -0.545 e. The van der Waals surface area contributed by atoms with Gasteiger partial charge in [0.05, 0.1) is 11.9 Å². The molecule has 0 aromatic carbocycles. The average molecular weight is 181 g/mol. The van der Waals surface area contributed by atoms with E-state index < -0.39 is 23.6 Å². The summed E-state index contributed by atoms with van der Waals surface area (Å²) < 4.78 is 35.4. The first kappa shape index (κ1) is 11.0. The van der Waals surface area contributed by atoms with Crippen molar-refractivity contribution >= 4 is 5.97 Å². The zero-order valence-corrected chi connectivity index (χ0v) is 6.61. The number of carbonyl (C=O) groups is 1. The lowest BCUT2D eigenvalue weighted by Crippen LogP contribution is -2.25. The highest BCUT2D eigenvalue weighted by molar-refractivity contribution is 5.83. The average Bonchev–Trinajstić information content (AvgIpc) is 1.85. The molecule has 0 rings (SSSR count). The second kappa shape index (κ2) is 3.60. The van der Waals surface area contributed by atoms with Crippen LogP contribution in [-0.4, -0.2) is 12.1 Å². The predicted molar refractivity (Wildman–Crippen MR) is 34.0 cm³/mol. The molecule has 0 amide bonds. The first-order valence-corrected chi connectivity index (χ1v) is 3.21. The SMILES string of the molecule is CC(=CC(C)C(F)(F)F)C(=O)[O-]. The lowest BCUT2D eigenvalue weighted by atomic mass is 10.1. The van der Waals surface area contributed by atoms with Gasteiger partial charge in [-0.1, -0.05) is 13.0 Å². The molecular weight excluding hydrogens is 173 g/mol. The third-order valence-electron chi connectivity index (χ3n) is 1.34. The lowest BCUT2D eigenvalue weighted by molar-refractivity contribution is -0.299. The van der Waals surface area contributed by atoms with E-state index in [1.807, 2.05) is 0 Å². The van der Waals surface area contributed by atoms with Gasteiger partial charge in [0.2, 0.25) is 0 Å². The zero-order valence-electron chi connectivity index (χ0n) is 6.61. The van der Waals surface area contributed by atoms with Gasteiger partial charge in [-0.25, -0.2) is 0 Å². The molecular formula is C7H8F3O2-. The van der Waals surface area contributed by atoms with Gasteiger partial charge >= 0.3 is 6.18 Å². The minimum absolute atomic E-state index is 0.403. The Morgan fingerprint density at radius 1 is 1.50 bits per heavy atom. The number of carbonyl (C=O) groups excluding carboxylic acids is 1. The topological polar surface area (TPSA) is 40.1 Å². The first-order chi connectivity index (χ1) is 5.25. The summed E-state index contributed by atoms with van der Waals surface area (Å²) in [6.45, 7) is 1.95. The number of allylic oxidation sites excluding steroid dienone is 1. The van der Waals surface area contributed by atoms with Gasteiger partial charge in [0, 0.05) is 0 Å². The standard InChI is InChI=1S/C7H9F3O2/c1-4(6(11)12)3-5(2)7(8,9)10/h3,5H,1-2H3,(H,11,12)/p-1. The monoisotopic (exact) mass is 181 g/mol. The number of alkyl halides is 3. The van der Waals surface area contributed by atoms with Crippen molar-refractivity contribution in [3.05, 3.63) is 11.6 Å².